The summed E-state index contributed by atoms with van der Waals surface area (Å²) in [5, 5.41) is 5.38. The van der Waals surface area contributed by atoms with E-state index in [-0.39, 0.29) is 5.41 Å². The van der Waals surface area contributed by atoms with Crippen LogP contribution in [0.3, 0.4) is 0 Å². The molecule has 0 saturated heterocycles. The van der Waals surface area contributed by atoms with Crippen molar-refractivity contribution in [3.8, 4) is 27.9 Å². The molecule has 1 spiro atoms. The highest BCUT2D eigenvalue weighted by molar-refractivity contribution is 7.25. The van der Waals surface area contributed by atoms with Crippen molar-refractivity contribution < 1.29 is 0 Å². The molecule has 1 nitrogen and oxygen atoms in total. The van der Waals surface area contributed by atoms with Gasteiger partial charge in [-0.05, 0) is 126 Å². The van der Waals surface area contributed by atoms with Crippen molar-refractivity contribution in [1.29, 1.82) is 0 Å². The summed E-state index contributed by atoms with van der Waals surface area (Å²) in [6.07, 6.45) is 7.17. The van der Waals surface area contributed by atoms with E-state index in [1.54, 1.807) is 11.1 Å². The summed E-state index contributed by atoms with van der Waals surface area (Å²) < 4.78 is 5.25. The smallest absolute Gasteiger partial charge is 0.0547 e. The lowest BCUT2D eigenvalue weighted by Crippen LogP contribution is -2.55. The Labute approximate surface area is 284 Å². The van der Waals surface area contributed by atoms with Crippen LogP contribution in [0.2, 0.25) is 0 Å². The average molecular weight is 634 g/mol. The number of rotatable bonds is 2. The highest BCUT2D eigenvalue weighted by Gasteiger charge is 2.61. The maximum Gasteiger partial charge on any atom is 0.0547 e. The van der Waals surface area contributed by atoms with Gasteiger partial charge >= 0.3 is 0 Å². The van der Waals surface area contributed by atoms with Crippen LogP contribution in [0.5, 0.6) is 0 Å². The summed E-state index contributed by atoms with van der Waals surface area (Å²) in [7, 11) is 0. The van der Waals surface area contributed by atoms with E-state index in [2.05, 4.69) is 132 Å². The summed E-state index contributed by atoms with van der Waals surface area (Å²) in [5.74, 6) is 3.49. The number of hydrogen-bond acceptors (Lipinski definition) is 1. The lowest BCUT2D eigenvalue weighted by atomic mass is 9.43. The van der Waals surface area contributed by atoms with Crippen LogP contribution in [0.4, 0.5) is 0 Å². The molecule has 4 saturated carbocycles. The van der Waals surface area contributed by atoms with Gasteiger partial charge in [-0.1, -0.05) is 91.0 Å². The van der Waals surface area contributed by atoms with Gasteiger partial charge in [0.05, 0.1) is 11.0 Å². The van der Waals surface area contributed by atoms with Gasteiger partial charge in [-0.2, -0.15) is 0 Å². The van der Waals surface area contributed by atoms with E-state index in [0.29, 0.717) is 0 Å². The number of para-hydroxylation sites is 1. The van der Waals surface area contributed by atoms with Gasteiger partial charge < -0.3 is 4.57 Å². The third kappa shape index (κ3) is 3.18. The zero-order valence-corrected chi connectivity index (χ0v) is 27.6. The number of aromatic nitrogens is 1. The molecular formula is C46H35NS. The van der Waals surface area contributed by atoms with Crippen molar-refractivity contribution in [3.63, 3.8) is 0 Å². The molecule has 0 aliphatic heterocycles. The van der Waals surface area contributed by atoms with Crippen molar-refractivity contribution in [3.05, 3.63) is 139 Å². The van der Waals surface area contributed by atoms with Crippen molar-refractivity contribution in [2.45, 2.75) is 37.5 Å². The molecule has 2 aromatic heterocycles. The van der Waals surface area contributed by atoms with Crippen LogP contribution in [0, 0.1) is 23.7 Å². The second kappa shape index (κ2) is 9.27. The van der Waals surface area contributed by atoms with Gasteiger partial charge in [0.15, 0.2) is 0 Å². The Balaban J connectivity index is 1.11. The molecule has 48 heavy (non-hydrogen) atoms. The van der Waals surface area contributed by atoms with Crippen molar-refractivity contribution >= 4 is 53.3 Å². The first-order chi connectivity index (χ1) is 23.8. The lowest BCUT2D eigenvalue weighted by Gasteiger charge is -2.61. The van der Waals surface area contributed by atoms with Gasteiger partial charge in [0.2, 0.25) is 0 Å². The molecular weight excluding hydrogens is 599 g/mol. The normalized spacial score (nSPS) is 25.2. The number of hydrogen-bond donors (Lipinski definition) is 0. The van der Waals surface area contributed by atoms with Crippen molar-refractivity contribution in [2.75, 3.05) is 0 Å². The van der Waals surface area contributed by atoms with Crippen LogP contribution in [0.25, 0.3) is 69.9 Å². The Morgan fingerprint density at radius 3 is 1.96 bits per heavy atom. The fourth-order valence-electron chi connectivity index (χ4n) is 11.8. The molecule has 4 fully saturated rings. The van der Waals surface area contributed by atoms with Crippen LogP contribution in [-0.2, 0) is 5.41 Å². The molecule has 13 rings (SSSR count). The minimum Gasteiger partial charge on any atom is -0.309 e. The van der Waals surface area contributed by atoms with Crippen LogP contribution < -0.4 is 0 Å². The van der Waals surface area contributed by atoms with Gasteiger partial charge in [-0.3, -0.25) is 0 Å². The van der Waals surface area contributed by atoms with Crippen LogP contribution in [0.1, 0.15) is 43.2 Å². The summed E-state index contributed by atoms with van der Waals surface area (Å²) in [6, 6.07) is 48.8. The molecule has 5 aliphatic rings. The molecule has 0 radical (unpaired) electrons. The van der Waals surface area contributed by atoms with Crippen LogP contribution in [-0.4, -0.2) is 4.57 Å². The first kappa shape index (κ1) is 26.3. The quantitative estimate of drug-likeness (QED) is 0.178. The minimum absolute atomic E-state index is 0.202. The first-order valence-corrected chi connectivity index (χ1v) is 18.8. The Morgan fingerprint density at radius 2 is 1.10 bits per heavy atom. The predicted octanol–water partition coefficient (Wildman–Crippen LogP) is 12.5. The van der Waals surface area contributed by atoms with Gasteiger partial charge in [0.1, 0.15) is 0 Å². The Kier molecular flexibility index (Phi) is 5.08. The Bertz CT molecular complexity index is 2620. The second-order valence-corrected chi connectivity index (χ2v) is 16.4. The summed E-state index contributed by atoms with van der Waals surface area (Å²) in [6.45, 7) is 0. The van der Waals surface area contributed by atoms with E-state index >= 15 is 0 Å². The molecule has 0 atom stereocenters. The fourth-order valence-corrected chi connectivity index (χ4v) is 12.9. The predicted molar refractivity (Wildman–Crippen MR) is 202 cm³/mol. The molecule has 6 aromatic carbocycles. The molecule has 0 amide bonds. The topological polar surface area (TPSA) is 4.93 Å². The van der Waals surface area contributed by atoms with E-state index in [9.17, 15) is 0 Å². The van der Waals surface area contributed by atoms with Gasteiger partial charge in [0.25, 0.3) is 0 Å². The summed E-state index contributed by atoms with van der Waals surface area (Å²) in [4.78, 5) is 0. The average Bonchev–Trinajstić information content (AvgIpc) is 3.77. The lowest BCUT2D eigenvalue weighted by molar-refractivity contribution is -0.0399. The van der Waals surface area contributed by atoms with Gasteiger partial charge in [-0.25, -0.2) is 0 Å². The Morgan fingerprint density at radius 1 is 0.479 bits per heavy atom. The maximum absolute atomic E-state index is 2.57. The zero-order valence-electron chi connectivity index (χ0n) is 26.8. The fraction of sp³-hybridized carbons (Fsp3) is 0.217. The molecule has 0 N–H and O–H groups in total. The second-order valence-electron chi connectivity index (χ2n) is 15.3. The standard InChI is InChI=1S/C46H35NS/c1-4-14-38-32(9-1)37-26-31(19-20-39(37)46(38)29-22-27-21-28(24-29)25-30(46)23-27)47-40-15-5-2-10-35(40)44-33(12-7-16-41(44)47)34-13-8-18-43-45(34)36-11-3-6-17-42(36)48-43/h1-20,26-30H,21-25H2. The van der Waals surface area contributed by atoms with Crippen LogP contribution >= 0.6 is 11.3 Å². The highest BCUT2D eigenvalue weighted by atomic mass is 32.1. The number of nitrogens with zero attached hydrogens (tertiary/aromatic N) is 1. The molecule has 8 aromatic rings. The molecule has 230 valence electrons. The monoisotopic (exact) mass is 633 g/mol. The third-order valence-electron chi connectivity index (χ3n) is 13.2. The Hall–Kier alpha value is -4.66. The third-order valence-corrected chi connectivity index (χ3v) is 14.3. The summed E-state index contributed by atoms with van der Waals surface area (Å²) >= 11 is 1.90. The van der Waals surface area contributed by atoms with Gasteiger partial charge in [0, 0.05) is 42.0 Å². The molecule has 5 aliphatic carbocycles. The van der Waals surface area contributed by atoms with E-state index in [1.807, 2.05) is 11.3 Å². The largest absolute Gasteiger partial charge is 0.309 e. The first-order valence-electron chi connectivity index (χ1n) is 17.9. The molecule has 4 bridgehead atoms. The SMILES string of the molecule is c1ccc2c(c1)-c1cc(-n3c4ccccc4c4c(-c5cccc6sc7ccccc7c56)cccc43)ccc1C21C2CC3CC(C2)CC1C3. The number of fused-ring (bicyclic) bond motifs is 9. The van der Waals surface area contributed by atoms with E-state index in [4.69, 9.17) is 0 Å². The number of benzene rings is 6. The van der Waals surface area contributed by atoms with E-state index in [1.165, 1.54) is 102 Å². The maximum atomic E-state index is 2.57. The van der Waals surface area contributed by atoms with Crippen molar-refractivity contribution in [2.24, 2.45) is 23.7 Å². The number of thiophene rings is 1. The van der Waals surface area contributed by atoms with Crippen molar-refractivity contribution in [1.82, 2.24) is 4.57 Å². The zero-order chi connectivity index (χ0) is 31.1. The molecule has 2 heterocycles. The molecule has 2 heteroatoms. The molecule has 0 unspecified atom stereocenters. The minimum atomic E-state index is 0.202. The van der Waals surface area contributed by atoms with Crippen LogP contribution in [0.15, 0.2) is 127 Å². The summed E-state index contributed by atoms with van der Waals surface area (Å²) in [5.41, 5.74) is 12.9. The van der Waals surface area contributed by atoms with E-state index < -0.39 is 0 Å². The van der Waals surface area contributed by atoms with Gasteiger partial charge in [-0.15, -0.1) is 11.3 Å². The highest BCUT2D eigenvalue weighted by Crippen LogP contribution is 2.69. The van der Waals surface area contributed by atoms with E-state index in [0.717, 1.165) is 23.7 Å².